The van der Waals surface area contributed by atoms with E-state index in [4.69, 9.17) is 5.73 Å². The first-order chi connectivity index (χ1) is 12.1. The number of nitrogens with one attached hydrogen (secondary N) is 1. The molecule has 5 heteroatoms. The third-order valence-electron chi connectivity index (χ3n) is 4.41. The SMILES string of the molecule is CCc1cccc(CC)c1NC(N)=NCc1cn2c(C)cccc2n1. The van der Waals surface area contributed by atoms with Crippen LogP contribution < -0.4 is 11.1 Å². The summed E-state index contributed by atoms with van der Waals surface area (Å²) in [6.45, 7) is 6.81. The Morgan fingerprint density at radius 2 is 1.80 bits per heavy atom. The van der Waals surface area contributed by atoms with Gasteiger partial charge >= 0.3 is 0 Å². The van der Waals surface area contributed by atoms with Crippen LogP contribution >= 0.6 is 0 Å². The van der Waals surface area contributed by atoms with Crippen LogP contribution in [0.3, 0.4) is 0 Å². The van der Waals surface area contributed by atoms with E-state index in [9.17, 15) is 0 Å². The minimum absolute atomic E-state index is 0.421. The maximum absolute atomic E-state index is 6.13. The van der Waals surface area contributed by atoms with Crippen LogP contribution in [0.15, 0.2) is 47.6 Å². The molecule has 0 radical (unpaired) electrons. The summed E-state index contributed by atoms with van der Waals surface area (Å²) >= 11 is 0. The minimum Gasteiger partial charge on any atom is -0.370 e. The molecule has 0 atom stereocenters. The number of aryl methyl sites for hydroxylation is 3. The van der Waals surface area contributed by atoms with E-state index in [0.717, 1.165) is 35.6 Å². The van der Waals surface area contributed by atoms with Crippen molar-refractivity contribution in [3.8, 4) is 0 Å². The van der Waals surface area contributed by atoms with Gasteiger partial charge in [-0.3, -0.25) is 0 Å². The fraction of sp³-hybridized carbons (Fsp3) is 0.300. The van der Waals surface area contributed by atoms with Gasteiger partial charge in [-0.2, -0.15) is 0 Å². The molecular formula is C20H25N5. The molecule has 0 saturated carbocycles. The van der Waals surface area contributed by atoms with Gasteiger partial charge in [-0.25, -0.2) is 9.98 Å². The number of hydrogen-bond donors (Lipinski definition) is 2. The summed E-state index contributed by atoms with van der Waals surface area (Å²) in [5, 5.41) is 3.29. The van der Waals surface area contributed by atoms with Crippen molar-refractivity contribution in [1.29, 1.82) is 0 Å². The lowest BCUT2D eigenvalue weighted by molar-refractivity contribution is 1.00. The van der Waals surface area contributed by atoms with Crippen LogP contribution in [0.4, 0.5) is 5.69 Å². The van der Waals surface area contributed by atoms with Gasteiger partial charge < -0.3 is 15.5 Å². The highest BCUT2D eigenvalue weighted by molar-refractivity contribution is 5.93. The number of aliphatic imine (C=N–C) groups is 1. The van der Waals surface area contributed by atoms with E-state index in [0.29, 0.717) is 12.5 Å². The topological polar surface area (TPSA) is 67.7 Å². The number of para-hydroxylation sites is 1. The quantitative estimate of drug-likeness (QED) is 0.552. The first kappa shape index (κ1) is 17.0. The van der Waals surface area contributed by atoms with Gasteiger partial charge in [0.2, 0.25) is 0 Å². The van der Waals surface area contributed by atoms with Crippen molar-refractivity contribution in [3.05, 3.63) is 65.1 Å². The smallest absolute Gasteiger partial charge is 0.193 e. The molecule has 0 aliphatic rings. The third-order valence-corrected chi connectivity index (χ3v) is 4.41. The van der Waals surface area contributed by atoms with Crippen LogP contribution in [-0.4, -0.2) is 15.3 Å². The van der Waals surface area contributed by atoms with Gasteiger partial charge in [0.15, 0.2) is 5.96 Å². The molecule has 3 N–H and O–H groups in total. The molecule has 0 amide bonds. The van der Waals surface area contributed by atoms with Gasteiger partial charge in [0.1, 0.15) is 5.65 Å². The molecule has 0 spiro atoms. The van der Waals surface area contributed by atoms with Gasteiger partial charge in [-0.15, -0.1) is 0 Å². The van der Waals surface area contributed by atoms with Crippen LogP contribution in [0.1, 0.15) is 36.4 Å². The van der Waals surface area contributed by atoms with Gasteiger partial charge in [0.05, 0.1) is 12.2 Å². The van der Waals surface area contributed by atoms with E-state index in [1.807, 2.05) is 18.3 Å². The highest BCUT2D eigenvalue weighted by Gasteiger charge is 2.07. The molecule has 0 aliphatic carbocycles. The maximum atomic E-state index is 6.13. The second kappa shape index (κ2) is 7.38. The monoisotopic (exact) mass is 335 g/mol. The highest BCUT2D eigenvalue weighted by Crippen LogP contribution is 2.22. The number of guanidine groups is 1. The second-order valence-corrected chi connectivity index (χ2v) is 6.11. The molecule has 3 rings (SSSR count). The van der Waals surface area contributed by atoms with Gasteiger partial charge in [0, 0.05) is 17.6 Å². The molecule has 3 aromatic rings. The average molecular weight is 335 g/mol. The molecule has 0 fully saturated rings. The first-order valence-electron chi connectivity index (χ1n) is 8.73. The Balaban J connectivity index is 1.79. The fourth-order valence-corrected chi connectivity index (χ4v) is 3.01. The Hall–Kier alpha value is -2.82. The molecule has 2 aromatic heterocycles. The lowest BCUT2D eigenvalue weighted by Crippen LogP contribution is -2.24. The largest absolute Gasteiger partial charge is 0.370 e. The number of fused-ring (bicyclic) bond motifs is 1. The number of aromatic nitrogens is 2. The molecule has 2 heterocycles. The van der Waals surface area contributed by atoms with E-state index in [2.05, 4.69) is 64.7 Å². The van der Waals surface area contributed by atoms with Crippen molar-refractivity contribution in [2.75, 3.05) is 5.32 Å². The number of nitrogens with zero attached hydrogens (tertiary/aromatic N) is 3. The lowest BCUT2D eigenvalue weighted by atomic mass is 10.0. The number of benzene rings is 1. The summed E-state index contributed by atoms with van der Waals surface area (Å²) in [4.78, 5) is 9.07. The predicted octanol–water partition coefficient (Wildman–Crippen LogP) is 3.69. The second-order valence-electron chi connectivity index (χ2n) is 6.11. The first-order valence-corrected chi connectivity index (χ1v) is 8.73. The summed E-state index contributed by atoms with van der Waals surface area (Å²) in [5.41, 5.74) is 12.7. The normalized spacial score (nSPS) is 11.9. The maximum Gasteiger partial charge on any atom is 0.193 e. The van der Waals surface area contributed by atoms with E-state index < -0.39 is 0 Å². The van der Waals surface area contributed by atoms with E-state index in [1.165, 1.54) is 11.1 Å². The number of nitrogens with two attached hydrogens (primary N) is 1. The molecule has 5 nitrogen and oxygen atoms in total. The van der Waals surface area contributed by atoms with Crippen molar-refractivity contribution in [2.45, 2.75) is 40.2 Å². The number of rotatable bonds is 5. The molecule has 0 unspecified atom stereocenters. The van der Waals surface area contributed by atoms with Gasteiger partial charge in [-0.1, -0.05) is 38.1 Å². The number of imidazole rings is 1. The Kier molecular flexibility index (Phi) is 5.03. The van der Waals surface area contributed by atoms with Gasteiger partial charge in [0.25, 0.3) is 0 Å². The Labute approximate surface area is 148 Å². The molecule has 0 aliphatic heterocycles. The van der Waals surface area contributed by atoms with Crippen LogP contribution in [0.2, 0.25) is 0 Å². The highest BCUT2D eigenvalue weighted by atomic mass is 15.1. The Morgan fingerprint density at radius 3 is 2.44 bits per heavy atom. The van der Waals surface area contributed by atoms with E-state index in [1.54, 1.807) is 0 Å². The Morgan fingerprint density at radius 1 is 1.12 bits per heavy atom. The molecule has 0 saturated heterocycles. The summed E-state index contributed by atoms with van der Waals surface area (Å²) in [6, 6.07) is 12.4. The van der Waals surface area contributed by atoms with Crippen LogP contribution in [0.5, 0.6) is 0 Å². The molecule has 1 aromatic carbocycles. The minimum atomic E-state index is 0.421. The van der Waals surface area contributed by atoms with Crippen LogP contribution in [-0.2, 0) is 19.4 Å². The van der Waals surface area contributed by atoms with Gasteiger partial charge in [-0.05, 0) is 43.0 Å². The van der Waals surface area contributed by atoms with E-state index in [-0.39, 0.29) is 0 Å². The number of pyridine rings is 1. The zero-order valence-electron chi connectivity index (χ0n) is 15.1. The van der Waals surface area contributed by atoms with Crippen molar-refractivity contribution >= 4 is 17.3 Å². The van der Waals surface area contributed by atoms with Crippen LogP contribution in [0.25, 0.3) is 5.65 Å². The fourth-order valence-electron chi connectivity index (χ4n) is 3.01. The van der Waals surface area contributed by atoms with Crippen molar-refractivity contribution < 1.29 is 0 Å². The van der Waals surface area contributed by atoms with Crippen molar-refractivity contribution in [1.82, 2.24) is 9.38 Å². The lowest BCUT2D eigenvalue weighted by Gasteiger charge is -2.14. The third kappa shape index (κ3) is 3.65. The van der Waals surface area contributed by atoms with Crippen molar-refractivity contribution in [3.63, 3.8) is 0 Å². The summed E-state index contributed by atoms with van der Waals surface area (Å²) in [7, 11) is 0. The zero-order chi connectivity index (χ0) is 17.8. The Bertz CT molecular complexity index is 885. The van der Waals surface area contributed by atoms with Crippen molar-refractivity contribution in [2.24, 2.45) is 10.7 Å². The summed E-state index contributed by atoms with van der Waals surface area (Å²) in [5.74, 6) is 0.421. The molecule has 0 bridgehead atoms. The summed E-state index contributed by atoms with van der Waals surface area (Å²) in [6.07, 6.45) is 3.92. The van der Waals surface area contributed by atoms with Crippen LogP contribution in [0, 0.1) is 6.92 Å². The predicted molar refractivity (Wildman–Crippen MR) is 104 cm³/mol. The number of anilines is 1. The average Bonchev–Trinajstić information content (AvgIpc) is 3.05. The van der Waals surface area contributed by atoms with E-state index >= 15 is 0 Å². The summed E-state index contributed by atoms with van der Waals surface area (Å²) < 4.78 is 2.07. The number of hydrogen-bond acceptors (Lipinski definition) is 2. The molecular weight excluding hydrogens is 310 g/mol. The standard InChI is InChI=1S/C20H25N5/c1-4-15-9-7-10-16(5-2)19(15)24-20(21)22-12-17-13-25-14(3)8-6-11-18(25)23-17/h6-11,13H,4-5,12H2,1-3H3,(H3,21,22,24). The zero-order valence-corrected chi connectivity index (χ0v) is 15.1. The molecule has 130 valence electrons. The molecule has 25 heavy (non-hydrogen) atoms.